The van der Waals surface area contributed by atoms with Gasteiger partial charge in [-0.3, -0.25) is 14.4 Å². The zero-order chi connectivity index (χ0) is 25.5. The van der Waals surface area contributed by atoms with Gasteiger partial charge in [0.25, 0.3) is 5.91 Å². The summed E-state index contributed by atoms with van der Waals surface area (Å²) in [6.07, 6.45) is 3.44. The van der Waals surface area contributed by atoms with E-state index in [9.17, 15) is 14.4 Å². The van der Waals surface area contributed by atoms with E-state index in [4.69, 9.17) is 9.47 Å². The quantitative estimate of drug-likeness (QED) is 0.465. The zero-order valence-electron chi connectivity index (χ0n) is 20.2. The van der Waals surface area contributed by atoms with E-state index in [-0.39, 0.29) is 24.4 Å². The SMILES string of the molecule is COC(=O)CCC(NC(=O)c1cc(OC)c2ccccc2n1)C(=O)N1CCN(c2ncccn2)CC1. The van der Waals surface area contributed by atoms with Crippen LogP contribution in [0, 0.1) is 0 Å². The van der Waals surface area contributed by atoms with Gasteiger partial charge in [-0.05, 0) is 24.6 Å². The van der Waals surface area contributed by atoms with Gasteiger partial charge >= 0.3 is 5.97 Å². The van der Waals surface area contributed by atoms with Crippen molar-refractivity contribution in [3.63, 3.8) is 0 Å². The second-order valence-electron chi connectivity index (χ2n) is 8.23. The van der Waals surface area contributed by atoms with Crippen molar-refractivity contribution in [2.24, 2.45) is 0 Å². The van der Waals surface area contributed by atoms with Gasteiger partial charge in [0.05, 0.1) is 19.7 Å². The molecule has 0 bridgehead atoms. The van der Waals surface area contributed by atoms with E-state index in [1.54, 1.807) is 29.4 Å². The van der Waals surface area contributed by atoms with Crippen LogP contribution in [-0.4, -0.2) is 84.1 Å². The van der Waals surface area contributed by atoms with Gasteiger partial charge in [0.1, 0.15) is 17.5 Å². The molecule has 11 heteroatoms. The van der Waals surface area contributed by atoms with E-state index in [1.807, 2.05) is 23.1 Å². The Hall–Kier alpha value is -4.28. The van der Waals surface area contributed by atoms with Crippen molar-refractivity contribution in [1.29, 1.82) is 0 Å². The molecule has 1 aromatic carbocycles. The summed E-state index contributed by atoms with van der Waals surface area (Å²) in [6.45, 7) is 1.97. The smallest absolute Gasteiger partial charge is 0.305 e. The first-order valence-corrected chi connectivity index (χ1v) is 11.6. The highest BCUT2D eigenvalue weighted by Crippen LogP contribution is 2.25. The largest absolute Gasteiger partial charge is 0.496 e. The highest BCUT2D eigenvalue weighted by atomic mass is 16.5. The highest BCUT2D eigenvalue weighted by molar-refractivity contribution is 5.99. The molecule has 1 atom stereocenters. The summed E-state index contributed by atoms with van der Waals surface area (Å²) in [6, 6.07) is 9.68. The molecule has 2 aromatic heterocycles. The average molecular weight is 493 g/mol. The number of hydrogen-bond acceptors (Lipinski definition) is 9. The fraction of sp³-hybridized carbons (Fsp3) is 0.360. The monoisotopic (exact) mass is 492 g/mol. The number of rotatable bonds is 8. The van der Waals surface area contributed by atoms with Gasteiger partial charge in [-0.25, -0.2) is 15.0 Å². The Morgan fingerprint density at radius 3 is 2.44 bits per heavy atom. The molecule has 188 valence electrons. The number of hydrogen-bond donors (Lipinski definition) is 1. The van der Waals surface area contributed by atoms with Crippen LogP contribution >= 0.6 is 0 Å². The third-order valence-corrected chi connectivity index (χ3v) is 6.03. The van der Waals surface area contributed by atoms with Gasteiger partial charge in [0.15, 0.2) is 0 Å². The molecular weight excluding hydrogens is 464 g/mol. The summed E-state index contributed by atoms with van der Waals surface area (Å²) in [7, 11) is 2.81. The van der Waals surface area contributed by atoms with Gasteiger partial charge in [-0.2, -0.15) is 0 Å². The summed E-state index contributed by atoms with van der Waals surface area (Å²) in [5, 5.41) is 3.55. The fourth-order valence-corrected chi connectivity index (χ4v) is 4.08. The molecule has 3 heterocycles. The molecule has 1 unspecified atom stereocenters. The van der Waals surface area contributed by atoms with E-state index < -0.39 is 17.9 Å². The lowest BCUT2D eigenvalue weighted by atomic mass is 10.1. The lowest BCUT2D eigenvalue weighted by molar-refractivity contribution is -0.141. The standard InChI is InChI=1S/C25H28N6O5/c1-35-21-16-20(28-18-7-4-3-6-17(18)21)23(33)29-19(8-9-22(32)36-2)24(34)30-12-14-31(15-13-30)25-26-10-5-11-27-25/h3-7,10-11,16,19H,8-9,12-15H2,1-2H3,(H,29,33). The molecule has 2 amide bonds. The zero-order valence-corrected chi connectivity index (χ0v) is 20.2. The number of benzene rings is 1. The van der Waals surface area contributed by atoms with Crippen LogP contribution in [0.5, 0.6) is 5.75 Å². The Bertz CT molecular complexity index is 1230. The summed E-state index contributed by atoms with van der Waals surface area (Å²) in [5.41, 5.74) is 0.714. The number of aromatic nitrogens is 3. The molecule has 1 saturated heterocycles. The molecule has 11 nitrogen and oxygen atoms in total. The van der Waals surface area contributed by atoms with Crippen LogP contribution in [0.25, 0.3) is 10.9 Å². The van der Waals surface area contributed by atoms with Crippen LogP contribution in [0.1, 0.15) is 23.3 Å². The molecule has 1 fully saturated rings. The predicted molar refractivity (Wildman–Crippen MR) is 132 cm³/mol. The topological polar surface area (TPSA) is 127 Å². The molecule has 0 aliphatic carbocycles. The third kappa shape index (κ3) is 5.68. The predicted octanol–water partition coefficient (Wildman–Crippen LogP) is 1.43. The number of ether oxygens (including phenoxy) is 2. The van der Waals surface area contributed by atoms with E-state index in [2.05, 4.69) is 20.3 Å². The van der Waals surface area contributed by atoms with Gasteiger partial charge in [-0.15, -0.1) is 0 Å². The van der Waals surface area contributed by atoms with Crippen molar-refractivity contribution < 1.29 is 23.9 Å². The van der Waals surface area contributed by atoms with E-state index in [0.29, 0.717) is 43.4 Å². The van der Waals surface area contributed by atoms with Crippen molar-refractivity contribution in [2.75, 3.05) is 45.3 Å². The summed E-state index contributed by atoms with van der Waals surface area (Å²) in [4.78, 5) is 55.0. The van der Waals surface area contributed by atoms with Crippen LogP contribution in [-0.2, 0) is 14.3 Å². The molecule has 36 heavy (non-hydrogen) atoms. The lowest BCUT2D eigenvalue weighted by Gasteiger charge is -2.36. The first kappa shape index (κ1) is 24.8. The normalized spacial score (nSPS) is 14.3. The Labute approximate surface area is 208 Å². The maximum Gasteiger partial charge on any atom is 0.305 e. The van der Waals surface area contributed by atoms with E-state index in [0.717, 1.165) is 5.39 Å². The number of para-hydroxylation sites is 1. The molecule has 0 radical (unpaired) electrons. The Morgan fingerprint density at radius 2 is 1.75 bits per heavy atom. The van der Waals surface area contributed by atoms with Gasteiger partial charge in [0.2, 0.25) is 11.9 Å². The molecular formula is C25H28N6O5. The number of methoxy groups -OCH3 is 2. The number of carbonyl (C=O) groups excluding carboxylic acids is 3. The molecule has 1 N–H and O–H groups in total. The van der Waals surface area contributed by atoms with Crippen LogP contribution < -0.4 is 15.0 Å². The third-order valence-electron chi connectivity index (χ3n) is 6.03. The number of amides is 2. The number of carbonyl (C=O) groups is 3. The van der Waals surface area contributed by atoms with E-state index >= 15 is 0 Å². The number of pyridine rings is 1. The molecule has 0 saturated carbocycles. The number of anilines is 1. The molecule has 1 aliphatic rings. The molecule has 0 spiro atoms. The minimum absolute atomic E-state index is 0.0144. The summed E-state index contributed by atoms with van der Waals surface area (Å²) >= 11 is 0. The molecule has 4 rings (SSSR count). The van der Waals surface area contributed by atoms with Gasteiger partial charge < -0.3 is 24.6 Å². The Kier molecular flexibility index (Phi) is 7.89. The van der Waals surface area contributed by atoms with Crippen LogP contribution in [0.4, 0.5) is 5.95 Å². The number of fused-ring (bicyclic) bond motifs is 1. The highest BCUT2D eigenvalue weighted by Gasteiger charge is 2.30. The lowest BCUT2D eigenvalue weighted by Crippen LogP contribution is -2.55. The van der Waals surface area contributed by atoms with Crippen molar-refractivity contribution in [1.82, 2.24) is 25.2 Å². The Balaban J connectivity index is 1.49. The number of piperazine rings is 1. The summed E-state index contributed by atoms with van der Waals surface area (Å²) < 4.78 is 10.2. The second kappa shape index (κ2) is 11.4. The number of nitrogens with zero attached hydrogens (tertiary/aromatic N) is 5. The maximum atomic E-state index is 13.4. The summed E-state index contributed by atoms with van der Waals surface area (Å²) in [5.74, 6) is -0.148. The Morgan fingerprint density at radius 1 is 1.03 bits per heavy atom. The van der Waals surface area contributed by atoms with E-state index in [1.165, 1.54) is 20.3 Å². The van der Waals surface area contributed by atoms with Gasteiger partial charge in [0, 0.05) is 56.4 Å². The minimum atomic E-state index is -0.921. The minimum Gasteiger partial charge on any atom is -0.496 e. The fourth-order valence-electron chi connectivity index (χ4n) is 4.08. The molecule has 3 aromatic rings. The van der Waals surface area contributed by atoms with Crippen molar-refractivity contribution in [3.05, 3.63) is 54.5 Å². The number of esters is 1. The van der Waals surface area contributed by atoms with Gasteiger partial charge in [-0.1, -0.05) is 12.1 Å². The van der Waals surface area contributed by atoms with Crippen molar-refractivity contribution in [2.45, 2.75) is 18.9 Å². The average Bonchev–Trinajstić information content (AvgIpc) is 2.94. The van der Waals surface area contributed by atoms with Crippen LogP contribution in [0.3, 0.4) is 0 Å². The van der Waals surface area contributed by atoms with Crippen LogP contribution in [0.2, 0.25) is 0 Å². The molecule has 1 aliphatic heterocycles. The first-order chi connectivity index (χ1) is 17.5. The van der Waals surface area contributed by atoms with Crippen molar-refractivity contribution >= 4 is 34.6 Å². The van der Waals surface area contributed by atoms with Crippen LogP contribution in [0.15, 0.2) is 48.8 Å². The number of nitrogens with one attached hydrogen (secondary N) is 1. The first-order valence-electron chi connectivity index (χ1n) is 11.6. The maximum absolute atomic E-state index is 13.4. The second-order valence-corrected chi connectivity index (χ2v) is 8.23. The van der Waals surface area contributed by atoms with Crippen molar-refractivity contribution in [3.8, 4) is 5.75 Å².